The number of aromatic amines is 1. The van der Waals surface area contributed by atoms with Crippen molar-refractivity contribution in [2.75, 3.05) is 0 Å². The lowest BCUT2D eigenvalue weighted by atomic mass is 9.85. The molecule has 3 rings (SSSR count). The van der Waals surface area contributed by atoms with Crippen LogP contribution >= 0.6 is 23.2 Å². The van der Waals surface area contributed by atoms with Gasteiger partial charge in [0.15, 0.2) is 5.43 Å². The van der Waals surface area contributed by atoms with E-state index in [2.05, 4.69) is 36.9 Å². The zero-order valence-electron chi connectivity index (χ0n) is 16.4. The predicted octanol–water partition coefficient (Wildman–Crippen LogP) is 5.66. The van der Waals surface area contributed by atoms with Crippen LogP contribution in [0.15, 0.2) is 29.2 Å². The Morgan fingerprint density at radius 2 is 1.74 bits per heavy atom. The third-order valence-electron chi connectivity index (χ3n) is 4.77. The quantitative estimate of drug-likeness (QED) is 0.599. The lowest BCUT2D eigenvalue weighted by Gasteiger charge is -2.22. The molecule has 0 saturated carbocycles. The van der Waals surface area contributed by atoms with Gasteiger partial charge in [0.25, 0.3) is 0 Å². The number of nitrogens with one attached hydrogen (secondary N) is 1. The summed E-state index contributed by atoms with van der Waals surface area (Å²) in [6.07, 6.45) is 1.61. The zero-order valence-corrected chi connectivity index (χ0v) is 17.9. The molecule has 1 N–H and O–H groups in total. The summed E-state index contributed by atoms with van der Waals surface area (Å²) < 4.78 is 1.54. The first-order valence-corrected chi connectivity index (χ1v) is 9.49. The average Bonchev–Trinajstić information content (AvgIpc) is 2.87. The van der Waals surface area contributed by atoms with E-state index in [0.29, 0.717) is 21.3 Å². The van der Waals surface area contributed by atoms with Crippen molar-refractivity contribution < 1.29 is 0 Å². The molecule has 6 heteroatoms. The lowest BCUT2D eigenvalue weighted by Crippen LogP contribution is -2.13. The van der Waals surface area contributed by atoms with Gasteiger partial charge in [-0.1, -0.05) is 50.0 Å². The molecule has 0 saturated heterocycles. The molecular formula is C21H23Cl2N3O. The summed E-state index contributed by atoms with van der Waals surface area (Å²) in [6, 6.07) is 5.62. The Bertz CT molecular complexity index is 1090. The van der Waals surface area contributed by atoms with Gasteiger partial charge in [0.2, 0.25) is 0 Å². The Kier molecular flexibility index (Phi) is 5.00. The summed E-state index contributed by atoms with van der Waals surface area (Å²) >= 11 is 12.8. The van der Waals surface area contributed by atoms with Gasteiger partial charge in [0, 0.05) is 40.7 Å². The number of benzene rings is 1. The molecule has 0 spiro atoms. The molecule has 0 fully saturated rings. The first kappa shape index (κ1) is 19.7. The van der Waals surface area contributed by atoms with E-state index < -0.39 is 0 Å². The normalized spacial score (nSPS) is 11.9. The van der Waals surface area contributed by atoms with Crippen molar-refractivity contribution in [3.63, 3.8) is 0 Å². The first-order valence-electron chi connectivity index (χ1n) is 8.73. The van der Waals surface area contributed by atoms with Crippen LogP contribution in [0.3, 0.4) is 0 Å². The number of pyridine rings is 1. The molecule has 27 heavy (non-hydrogen) atoms. The molecule has 0 unspecified atom stereocenters. The van der Waals surface area contributed by atoms with Crippen LogP contribution in [0.2, 0.25) is 10.2 Å². The predicted molar refractivity (Wildman–Crippen MR) is 113 cm³/mol. The van der Waals surface area contributed by atoms with Crippen molar-refractivity contribution in [2.24, 2.45) is 7.05 Å². The molecule has 0 atom stereocenters. The number of hydrogen-bond acceptors (Lipinski definition) is 2. The van der Waals surface area contributed by atoms with E-state index >= 15 is 0 Å². The van der Waals surface area contributed by atoms with E-state index in [1.54, 1.807) is 24.0 Å². The molecule has 2 aromatic heterocycles. The highest BCUT2D eigenvalue weighted by molar-refractivity contribution is 6.32. The van der Waals surface area contributed by atoms with E-state index in [1.165, 1.54) is 0 Å². The highest BCUT2D eigenvalue weighted by Crippen LogP contribution is 2.35. The zero-order chi connectivity index (χ0) is 20.1. The van der Waals surface area contributed by atoms with Crippen LogP contribution in [0.5, 0.6) is 0 Å². The maximum atomic E-state index is 12.9. The molecule has 0 aliphatic rings. The Morgan fingerprint density at radius 3 is 2.26 bits per heavy atom. The summed E-state index contributed by atoms with van der Waals surface area (Å²) in [5.41, 5.74) is 5.54. The molecule has 2 heterocycles. The molecule has 3 aromatic rings. The second-order valence-corrected chi connectivity index (χ2v) is 8.68. The highest BCUT2D eigenvalue weighted by Gasteiger charge is 2.21. The molecule has 0 amide bonds. The number of H-pyrrole nitrogens is 1. The summed E-state index contributed by atoms with van der Waals surface area (Å²) in [4.78, 5) is 16.2. The van der Waals surface area contributed by atoms with Gasteiger partial charge >= 0.3 is 0 Å². The van der Waals surface area contributed by atoms with Gasteiger partial charge in [0.1, 0.15) is 5.15 Å². The number of hydrogen-bond donors (Lipinski definition) is 1. The summed E-state index contributed by atoms with van der Waals surface area (Å²) in [7, 11) is 1.74. The van der Waals surface area contributed by atoms with Crippen LogP contribution in [0.25, 0.3) is 22.4 Å². The average molecular weight is 404 g/mol. The molecule has 142 valence electrons. The van der Waals surface area contributed by atoms with Crippen molar-refractivity contribution in [2.45, 2.75) is 40.0 Å². The van der Waals surface area contributed by atoms with Crippen molar-refractivity contribution >= 4 is 23.2 Å². The van der Waals surface area contributed by atoms with Gasteiger partial charge in [0.05, 0.1) is 11.8 Å². The molecule has 0 radical (unpaired) electrons. The van der Waals surface area contributed by atoms with Gasteiger partial charge in [-0.25, -0.2) is 0 Å². The number of rotatable bonds is 2. The second kappa shape index (κ2) is 6.84. The van der Waals surface area contributed by atoms with Gasteiger partial charge in [-0.3, -0.25) is 9.48 Å². The minimum Gasteiger partial charge on any atom is -0.358 e. The van der Waals surface area contributed by atoms with Gasteiger partial charge < -0.3 is 4.98 Å². The third kappa shape index (κ3) is 3.56. The van der Waals surface area contributed by atoms with Crippen LogP contribution in [-0.2, 0) is 12.5 Å². The standard InChI is InChI=1S/C21H23Cl2N3O/c1-11-7-15(21(3,4)5)16(22)8-13(11)17-9-18(27)19(12(2)25-17)14-10-24-26(6)20(14)23/h7-10H,1-6H3,(H,25,27). The van der Waals surface area contributed by atoms with E-state index in [4.69, 9.17) is 23.2 Å². The third-order valence-corrected chi connectivity index (χ3v) is 5.53. The van der Waals surface area contributed by atoms with E-state index in [-0.39, 0.29) is 10.8 Å². The maximum Gasteiger partial charge on any atom is 0.190 e. The second-order valence-electron chi connectivity index (χ2n) is 7.92. The number of halogens is 2. The van der Waals surface area contributed by atoms with Gasteiger partial charge in [-0.05, 0) is 36.5 Å². The Balaban J connectivity index is 2.17. The van der Waals surface area contributed by atoms with E-state index in [1.807, 2.05) is 19.9 Å². The molecule has 4 nitrogen and oxygen atoms in total. The molecular weight excluding hydrogens is 381 g/mol. The fraction of sp³-hybridized carbons (Fsp3) is 0.333. The lowest BCUT2D eigenvalue weighted by molar-refractivity contribution is 0.590. The topological polar surface area (TPSA) is 50.7 Å². The minimum atomic E-state index is -0.105. The number of aromatic nitrogens is 3. The van der Waals surface area contributed by atoms with Crippen molar-refractivity contribution in [3.05, 3.63) is 61.6 Å². The maximum absolute atomic E-state index is 12.9. The van der Waals surface area contributed by atoms with Gasteiger partial charge in [-0.15, -0.1) is 0 Å². The largest absolute Gasteiger partial charge is 0.358 e. The Morgan fingerprint density at radius 1 is 1.07 bits per heavy atom. The van der Waals surface area contributed by atoms with Crippen molar-refractivity contribution in [3.8, 4) is 22.4 Å². The van der Waals surface area contributed by atoms with Crippen LogP contribution in [0.1, 0.15) is 37.6 Å². The monoisotopic (exact) mass is 403 g/mol. The van der Waals surface area contributed by atoms with Crippen LogP contribution < -0.4 is 5.43 Å². The fourth-order valence-electron chi connectivity index (χ4n) is 3.31. The Hall–Kier alpha value is -2.04. The summed E-state index contributed by atoms with van der Waals surface area (Å²) in [6.45, 7) is 10.3. The van der Waals surface area contributed by atoms with Crippen molar-refractivity contribution in [1.29, 1.82) is 0 Å². The summed E-state index contributed by atoms with van der Waals surface area (Å²) in [5.74, 6) is 0. The first-order chi connectivity index (χ1) is 12.5. The number of aryl methyl sites for hydroxylation is 3. The van der Waals surface area contributed by atoms with Crippen LogP contribution in [0.4, 0.5) is 0 Å². The molecule has 0 aliphatic carbocycles. The van der Waals surface area contributed by atoms with E-state index in [0.717, 1.165) is 28.1 Å². The van der Waals surface area contributed by atoms with Crippen molar-refractivity contribution in [1.82, 2.24) is 14.8 Å². The Labute approximate surface area is 169 Å². The SMILES string of the molecule is Cc1cc(C(C)(C)C)c(Cl)cc1-c1cc(=O)c(-c2cnn(C)c2Cl)c(C)[nH]1. The highest BCUT2D eigenvalue weighted by atomic mass is 35.5. The van der Waals surface area contributed by atoms with E-state index in [9.17, 15) is 4.79 Å². The molecule has 0 aliphatic heterocycles. The van der Waals surface area contributed by atoms with Crippen LogP contribution in [0, 0.1) is 13.8 Å². The molecule has 1 aromatic carbocycles. The van der Waals surface area contributed by atoms with Gasteiger partial charge in [-0.2, -0.15) is 5.10 Å². The fourth-order valence-corrected chi connectivity index (χ4v) is 3.94. The van der Waals surface area contributed by atoms with Crippen LogP contribution in [-0.4, -0.2) is 14.8 Å². The summed E-state index contributed by atoms with van der Waals surface area (Å²) in [5, 5.41) is 5.26. The smallest absolute Gasteiger partial charge is 0.190 e. The molecule has 0 bridgehead atoms. The number of nitrogens with zero attached hydrogens (tertiary/aromatic N) is 2. The minimum absolute atomic E-state index is 0.0510.